The average Bonchev–Trinajstić information content (AvgIpc) is 3.59. The third-order valence-corrected chi connectivity index (χ3v) is 6.97. The molecule has 3 heterocycles. The molecule has 2 aromatic heterocycles. The summed E-state index contributed by atoms with van der Waals surface area (Å²) in [5.74, 6) is -0.134. The third-order valence-electron chi connectivity index (χ3n) is 6.64. The smallest absolute Gasteiger partial charge is 0.368 e. The van der Waals surface area contributed by atoms with Gasteiger partial charge in [-0.15, -0.1) is 5.10 Å². The Hall–Kier alpha value is -3.12. The van der Waals surface area contributed by atoms with Crippen molar-refractivity contribution in [1.82, 2.24) is 24.5 Å². The second-order valence-electron chi connectivity index (χ2n) is 9.06. The highest BCUT2D eigenvalue weighted by Gasteiger charge is 2.36. The molecule has 3 aromatic rings. The Labute approximate surface area is 209 Å². The molecule has 1 aromatic carbocycles. The maximum atomic E-state index is 13.7. The van der Waals surface area contributed by atoms with E-state index in [1.165, 1.54) is 9.08 Å². The van der Waals surface area contributed by atoms with E-state index in [1.54, 1.807) is 0 Å². The molecule has 2 fully saturated rings. The number of nitrogens with zero attached hydrogens (tertiary/aromatic N) is 5. The minimum atomic E-state index is -4.61. The van der Waals surface area contributed by atoms with Crippen molar-refractivity contribution in [3.63, 3.8) is 0 Å². The molecule has 2 aliphatic rings. The molecule has 1 saturated heterocycles. The number of nitrogens with one attached hydrogen (secondary N) is 1. The van der Waals surface area contributed by atoms with Crippen molar-refractivity contribution in [3.05, 3.63) is 56.2 Å². The summed E-state index contributed by atoms with van der Waals surface area (Å²) in [7, 11) is 0. The summed E-state index contributed by atoms with van der Waals surface area (Å²) in [6, 6.07) is 1.47. The van der Waals surface area contributed by atoms with Gasteiger partial charge < -0.3 is 16.0 Å². The maximum Gasteiger partial charge on any atom is 0.416 e. The highest BCUT2D eigenvalue weighted by Crippen LogP contribution is 2.39. The van der Waals surface area contributed by atoms with Gasteiger partial charge in [0.1, 0.15) is 11.7 Å². The van der Waals surface area contributed by atoms with Crippen LogP contribution in [0, 0.1) is 0 Å². The van der Waals surface area contributed by atoms with Gasteiger partial charge in [0.2, 0.25) is 11.7 Å². The molecule has 1 unspecified atom stereocenters. The summed E-state index contributed by atoms with van der Waals surface area (Å²) >= 11 is 6.31. The number of alkyl halides is 3. The highest BCUT2D eigenvalue weighted by molar-refractivity contribution is 6.31. The van der Waals surface area contributed by atoms with E-state index in [-0.39, 0.29) is 27.8 Å². The number of piperazine rings is 1. The van der Waals surface area contributed by atoms with Crippen LogP contribution < -0.4 is 21.5 Å². The number of carbonyl (C=O) groups is 1. The molecular weight excluding hydrogens is 499 g/mol. The summed E-state index contributed by atoms with van der Waals surface area (Å²) in [5.41, 5.74) is 5.49. The number of aromatic nitrogens is 4. The molecule has 36 heavy (non-hydrogen) atoms. The lowest BCUT2D eigenvalue weighted by molar-refractivity contribution is -0.137. The average molecular weight is 524 g/mol. The van der Waals surface area contributed by atoms with E-state index in [0.717, 1.165) is 31.0 Å². The third kappa shape index (κ3) is 4.21. The van der Waals surface area contributed by atoms with Gasteiger partial charge in [0.05, 0.1) is 11.3 Å². The molecule has 0 bridgehead atoms. The quantitative estimate of drug-likeness (QED) is 0.513. The van der Waals surface area contributed by atoms with Crippen molar-refractivity contribution in [2.75, 3.05) is 31.1 Å². The molecule has 1 aliphatic heterocycles. The van der Waals surface area contributed by atoms with E-state index in [2.05, 4.69) is 15.4 Å². The first kappa shape index (κ1) is 24.6. The zero-order chi connectivity index (χ0) is 25.8. The molecule has 1 atom stereocenters. The predicted molar refractivity (Wildman–Crippen MR) is 127 cm³/mol. The lowest BCUT2D eigenvalue weighted by atomic mass is 10.0. The predicted octanol–water partition coefficient (Wildman–Crippen LogP) is 2.49. The molecular formula is C23H25ClF3N7O2. The molecule has 9 nitrogen and oxygen atoms in total. The van der Waals surface area contributed by atoms with Crippen molar-refractivity contribution in [2.24, 2.45) is 5.73 Å². The van der Waals surface area contributed by atoms with Crippen molar-refractivity contribution in [3.8, 4) is 0 Å². The Bertz CT molecular complexity index is 1390. The minimum absolute atomic E-state index is 0.0830. The van der Waals surface area contributed by atoms with Crippen LogP contribution in [0.4, 0.5) is 18.9 Å². The van der Waals surface area contributed by atoms with Gasteiger partial charge in [0.15, 0.2) is 5.82 Å². The topological polar surface area (TPSA) is 111 Å². The van der Waals surface area contributed by atoms with Gasteiger partial charge in [-0.05, 0) is 31.4 Å². The number of amides is 1. The van der Waals surface area contributed by atoms with Gasteiger partial charge >= 0.3 is 6.18 Å². The van der Waals surface area contributed by atoms with Crippen LogP contribution in [-0.4, -0.2) is 51.3 Å². The number of hydrogen-bond acceptors (Lipinski definition) is 6. The zero-order valence-corrected chi connectivity index (χ0v) is 20.2. The number of fused-ring (bicyclic) bond motifs is 1. The monoisotopic (exact) mass is 523 g/mol. The molecule has 0 spiro atoms. The van der Waals surface area contributed by atoms with Crippen LogP contribution in [-0.2, 0) is 17.4 Å². The number of hydrogen-bond donors (Lipinski definition) is 2. The van der Waals surface area contributed by atoms with Gasteiger partial charge in [-0.25, -0.2) is 0 Å². The van der Waals surface area contributed by atoms with Crippen LogP contribution in [0.25, 0.3) is 5.78 Å². The summed E-state index contributed by atoms with van der Waals surface area (Å²) in [4.78, 5) is 33.1. The van der Waals surface area contributed by atoms with Gasteiger partial charge in [-0.3, -0.25) is 14.2 Å². The Morgan fingerprint density at radius 1 is 1.28 bits per heavy atom. The number of nitrogens with two attached hydrogens (primary N) is 1. The molecule has 13 heteroatoms. The van der Waals surface area contributed by atoms with Gasteiger partial charge in [0.25, 0.3) is 5.56 Å². The fourth-order valence-corrected chi connectivity index (χ4v) is 5.03. The van der Waals surface area contributed by atoms with Gasteiger partial charge in [0, 0.05) is 42.7 Å². The van der Waals surface area contributed by atoms with E-state index < -0.39 is 23.7 Å². The van der Waals surface area contributed by atoms with Crippen LogP contribution in [0.5, 0.6) is 0 Å². The van der Waals surface area contributed by atoms with Gasteiger partial charge in [-0.1, -0.05) is 24.6 Å². The molecule has 3 N–H and O–H groups in total. The first-order valence-electron chi connectivity index (χ1n) is 11.8. The molecule has 1 amide bonds. The minimum Gasteiger partial charge on any atom is -0.368 e. The van der Waals surface area contributed by atoms with E-state index in [9.17, 15) is 22.8 Å². The Balaban J connectivity index is 1.80. The van der Waals surface area contributed by atoms with Crippen molar-refractivity contribution in [2.45, 2.75) is 44.3 Å². The summed E-state index contributed by atoms with van der Waals surface area (Å²) in [5, 5.41) is 7.44. The van der Waals surface area contributed by atoms with E-state index in [0.29, 0.717) is 49.8 Å². The van der Waals surface area contributed by atoms with Crippen LogP contribution >= 0.6 is 11.6 Å². The molecule has 1 aliphatic carbocycles. The first-order chi connectivity index (χ1) is 17.1. The second kappa shape index (κ2) is 9.07. The van der Waals surface area contributed by atoms with E-state index in [1.807, 2.05) is 11.8 Å². The number of anilines is 1. The fraction of sp³-hybridized carbons (Fsp3) is 0.478. The summed E-state index contributed by atoms with van der Waals surface area (Å²) in [6.07, 6.45) is -2.50. The zero-order valence-electron chi connectivity index (χ0n) is 19.5. The van der Waals surface area contributed by atoms with Crippen LogP contribution in [0.2, 0.25) is 5.02 Å². The lowest BCUT2D eigenvalue weighted by Gasteiger charge is -2.32. The van der Waals surface area contributed by atoms with Crippen LogP contribution in [0.1, 0.15) is 54.4 Å². The van der Waals surface area contributed by atoms with Crippen molar-refractivity contribution < 1.29 is 18.0 Å². The fourth-order valence-electron chi connectivity index (χ4n) is 4.74. The molecule has 0 radical (unpaired) electrons. The van der Waals surface area contributed by atoms with Crippen molar-refractivity contribution in [1.29, 1.82) is 0 Å². The Kier molecular flexibility index (Phi) is 6.19. The number of rotatable bonds is 6. The van der Waals surface area contributed by atoms with E-state index >= 15 is 0 Å². The highest BCUT2D eigenvalue weighted by atomic mass is 35.5. The van der Waals surface area contributed by atoms with Crippen LogP contribution in [0.15, 0.2) is 23.0 Å². The number of carbonyl (C=O) groups excluding carboxylic acids is 1. The Morgan fingerprint density at radius 3 is 2.53 bits per heavy atom. The Morgan fingerprint density at radius 2 is 1.97 bits per heavy atom. The number of primary amides is 1. The van der Waals surface area contributed by atoms with Gasteiger partial charge in [-0.2, -0.15) is 22.7 Å². The molecule has 5 rings (SSSR count). The second-order valence-corrected chi connectivity index (χ2v) is 9.46. The standard InChI is InChI=1S/C23H25ClF3N7O2/c1-2-16-18(32-9-7-29-8-10-32)21(36)34-22(30-20(31-34)12-3-4-12)33(16)17(19(28)35)14-6-5-13(11-15(14)24)23(25,26)27/h5-6,11-12,17,29H,2-4,7-10H2,1H3,(H2,28,35). The molecule has 192 valence electrons. The number of benzene rings is 1. The number of halogens is 4. The molecule has 1 saturated carbocycles. The first-order valence-corrected chi connectivity index (χ1v) is 12.1. The summed E-state index contributed by atoms with van der Waals surface area (Å²) in [6.45, 7) is 4.27. The summed E-state index contributed by atoms with van der Waals surface area (Å²) < 4.78 is 42.5. The SMILES string of the molecule is CCc1c(N2CCNCC2)c(=O)n2nc(C3CC3)nc2n1C(C(N)=O)c1ccc(C(F)(F)F)cc1Cl. The van der Waals surface area contributed by atoms with Crippen molar-refractivity contribution >= 4 is 29.0 Å². The van der Waals surface area contributed by atoms with Crippen LogP contribution in [0.3, 0.4) is 0 Å². The van der Waals surface area contributed by atoms with E-state index in [4.69, 9.17) is 17.3 Å². The lowest BCUT2D eigenvalue weighted by Crippen LogP contribution is -2.47. The largest absolute Gasteiger partial charge is 0.416 e. The maximum absolute atomic E-state index is 13.7. The normalized spacial score (nSPS) is 17.5.